The zero-order chi connectivity index (χ0) is 17.3. The maximum atomic E-state index is 12.7. The summed E-state index contributed by atoms with van der Waals surface area (Å²) in [6.07, 6.45) is 0. The first kappa shape index (κ1) is 16.4. The van der Waals surface area contributed by atoms with Crippen LogP contribution in [-0.2, 0) is 9.53 Å². The number of aromatic nitrogens is 3. The molecule has 24 heavy (non-hydrogen) atoms. The molecule has 0 spiro atoms. The summed E-state index contributed by atoms with van der Waals surface area (Å²) < 4.78 is 6.64. The number of benzene rings is 1. The molecule has 2 heterocycles. The Labute approximate surface area is 142 Å². The van der Waals surface area contributed by atoms with Crippen molar-refractivity contribution in [1.29, 1.82) is 0 Å². The van der Waals surface area contributed by atoms with Crippen LogP contribution in [0.5, 0.6) is 0 Å². The Morgan fingerprint density at radius 2 is 2.21 bits per heavy atom. The molecule has 1 aromatic heterocycles. The summed E-state index contributed by atoms with van der Waals surface area (Å²) in [5.41, 5.74) is 1.30. The predicted molar refractivity (Wildman–Crippen MR) is 84.4 cm³/mol. The summed E-state index contributed by atoms with van der Waals surface area (Å²) in [4.78, 5) is 25.3. The first-order valence-electron chi connectivity index (χ1n) is 7.29. The molecule has 1 amide bonds. The van der Waals surface area contributed by atoms with Crippen molar-refractivity contribution in [3.05, 3.63) is 40.7 Å². The van der Waals surface area contributed by atoms with Gasteiger partial charge in [-0.2, -0.15) is 0 Å². The van der Waals surface area contributed by atoms with Crippen LogP contribution in [0.4, 0.5) is 0 Å². The first-order valence-corrected chi connectivity index (χ1v) is 7.66. The Kier molecular flexibility index (Phi) is 4.50. The standard InChI is InChI=1S/C15H15ClN4O4/c1-9-13(14(21)19-5-6-24-8-12(19)15(22)23)17-18-20(9)11-4-2-3-10(16)7-11/h2-4,7,12H,5-6,8H2,1H3,(H,22,23)/t12-/m0/s1. The van der Waals surface area contributed by atoms with Crippen LogP contribution in [0.2, 0.25) is 5.02 Å². The number of carboxylic acids is 1. The number of rotatable bonds is 3. The van der Waals surface area contributed by atoms with E-state index in [4.69, 9.17) is 16.3 Å². The van der Waals surface area contributed by atoms with E-state index in [1.54, 1.807) is 31.2 Å². The molecule has 1 aliphatic heterocycles. The predicted octanol–water partition coefficient (Wildman–Crippen LogP) is 1.15. The largest absolute Gasteiger partial charge is 0.480 e. The van der Waals surface area contributed by atoms with Crippen LogP contribution in [0, 0.1) is 6.92 Å². The van der Waals surface area contributed by atoms with E-state index in [-0.39, 0.29) is 25.5 Å². The van der Waals surface area contributed by atoms with Gasteiger partial charge in [0.05, 0.1) is 24.6 Å². The van der Waals surface area contributed by atoms with Crippen LogP contribution >= 0.6 is 11.6 Å². The maximum Gasteiger partial charge on any atom is 0.328 e. The van der Waals surface area contributed by atoms with E-state index in [0.29, 0.717) is 16.4 Å². The van der Waals surface area contributed by atoms with Gasteiger partial charge in [-0.05, 0) is 25.1 Å². The second kappa shape index (κ2) is 6.58. The number of aliphatic carboxylic acids is 1. The number of hydrogen-bond acceptors (Lipinski definition) is 5. The van der Waals surface area contributed by atoms with Crippen LogP contribution in [0.15, 0.2) is 24.3 Å². The number of hydrogen-bond donors (Lipinski definition) is 1. The molecule has 1 saturated heterocycles. The van der Waals surface area contributed by atoms with Gasteiger partial charge in [0.2, 0.25) is 0 Å². The molecule has 1 fully saturated rings. The molecule has 2 aromatic rings. The third-order valence-electron chi connectivity index (χ3n) is 3.82. The lowest BCUT2D eigenvalue weighted by Crippen LogP contribution is -2.52. The molecule has 3 rings (SSSR count). The van der Waals surface area contributed by atoms with Crippen LogP contribution in [0.25, 0.3) is 5.69 Å². The highest BCUT2D eigenvalue weighted by molar-refractivity contribution is 6.30. The fraction of sp³-hybridized carbons (Fsp3) is 0.333. The van der Waals surface area contributed by atoms with Crippen molar-refractivity contribution in [3.8, 4) is 5.69 Å². The third-order valence-corrected chi connectivity index (χ3v) is 4.06. The minimum Gasteiger partial charge on any atom is -0.480 e. The lowest BCUT2D eigenvalue weighted by Gasteiger charge is -2.32. The van der Waals surface area contributed by atoms with E-state index in [1.165, 1.54) is 9.58 Å². The van der Waals surface area contributed by atoms with Gasteiger partial charge in [0.25, 0.3) is 5.91 Å². The summed E-state index contributed by atoms with van der Waals surface area (Å²) >= 11 is 5.98. The number of carboxylic acid groups (broad SMARTS) is 1. The van der Waals surface area contributed by atoms with E-state index in [0.717, 1.165) is 0 Å². The molecule has 9 heteroatoms. The molecular formula is C15H15ClN4O4. The fourth-order valence-electron chi connectivity index (χ4n) is 2.57. The Morgan fingerprint density at radius 3 is 2.92 bits per heavy atom. The van der Waals surface area contributed by atoms with Crippen molar-refractivity contribution in [2.75, 3.05) is 19.8 Å². The zero-order valence-electron chi connectivity index (χ0n) is 12.8. The highest BCUT2D eigenvalue weighted by Crippen LogP contribution is 2.19. The fourth-order valence-corrected chi connectivity index (χ4v) is 2.75. The van der Waals surface area contributed by atoms with Crippen molar-refractivity contribution in [1.82, 2.24) is 19.9 Å². The number of morpholine rings is 1. The summed E-state index contributed by atoms with van der Waals surface area (Å²) in [5.74, 6) is -1.58. The van der Waals surface area contributed by atoms with Gasteiger partial charge in [-0.3, -0.25) is 4.79 Å². The van der Waals surface area contributed by atoms with Crippen LogP contribution in [0.1, 0.15) is 16.2 Å². The number of carbonyl (C=O) groups is 2. The normalized spacial score (nSPS) is 17.8. The average Bonchev–Trinajstić information content (AvgIpc) is 2.95. The first-order chi connectivity index (χ1) is 11.5. The maximum absolute atomic E-state index is 12.7. The van der Waals surface area contributed by atoms with Crippen molar-refractivity contribution in [2.24, 2.45) is 0 Å². The van der Waals surface area contributed by atoms with Crippen molar-refractivity contribution >= 4 is 23.5 Å². The van der Waals surface area contributed by atoms with Gasteiger partial charge in [-0.1, -0.05) is 22.9 Å². The lowest BCUT2D eigenvalue weighted by atomic mass is 10.2. The Balaban J connectivity index is 1.92. The molecule has 0 aliphatic carbocycles. The summed E-state index contributed by atoms with van der Waals surface area (Å²) in [6, 6.07) is 5.96. The molecule has 1 aliphatic rings. The molecule has 1 N–H and O–H groups in total. The SMILES string of the molecule is Cc1c(C(=O)N2CCOC[C@H]2C(=O)O)nnn1-c1cccc(Cl)c1. The monoisotopic (exact) mass is 350 g/mol. The van der Waals surface area contributed by atoms with Gasteiger partial charge < -0.3 is 14.7 Å². The van der Waals surface area contributed by atoms with E-state index in [2.05, 4.69) is 10.3 Å². The molecule has 8 nitrogen and oxygen atoms in total. The molecule has 0 bridgehead atoms. The van der Waals surface area contributed by atoms with E-state index >= 15 is 0 Å². The van der Waals surface area contributed by atoms with Gasteiger partial charge in [0, 0.05) is 11.6 Å². The number of halogens is 1. The Bertz CT molecular complexity index is 792. The van der Waals surface area contributed by atoms with Crippen molar-refractivity contribution in [3.63, 3.8) is 0 Å². The smallest absolute Gasteiger partial charge is 0.328 e. The number of ether oxygens (including phenoxy) is 1. The van der Waals surface area contributed by atoms with Crippen LogP contribution in [0.3, 0.4) is 0 Å². The summed E-state index contributed by atoms with van der Waals surface area (Å²) in [5, 5.41) is 17.7. The number of nitrogens with zero attached hydrogens (tertiary/aromatic N) is 4. The minimum atomic E-state index is -1.11. The van der Waals surface area contributed by atoms with Crippen molar-refractivity contribution in [2.45, 2.75) is 13.0 Å². The highest BCUT2D eigenvalue weighted by atomic mass is 35.5. The molecular weight excluding hydrogens is 336 g/mol. The Morgan fingerprint density at radius 1 is 1.42 bits per heavy atom. The average molecular weight is 351 g/mol. The number of carbonyl (C=O) groups excluding carboxylic acids is 1. The second-order valence-electron chi connectivity index (χ2n) is 5.34. The molecule has 126 valence electrons. The Hall–Kier alpha value is -2.45. The summed E-state index contributed by atoms with van der Waals surface area (Å²) in [6.45, 7) is 2.14. The van der Waals surface area contributed by atoms with E-state index in [1.807, 2.05) is 0 Å². The molecule has 0 unspecified atom stereocenters. The topological polar surface area (TPSA) is 97.6 Å². The van der Waals surface area contributed by atoms with Gasteiger partial charge >= 0.3 is 5.97 Å². The third kappa shape index (κ3) is 2.98. The van der Waals surface area contributed by atoms with E-state index < -0.39 is 17.9 Å². The van der Waals surface area contributed by atoms with E-state index in [9.17, 15) is 14.7 Å². The minimum absolute atomic E-state index is 0.0391. The van der Waals surface area contributed by atoms with Crippen LogP contribution < -0.4 is 0 Å². The lowest BCUT2D eigenvalue weighted by molar-refractivity contribution is -0.147. The molecule has 1 atom stereocenters. The highest BCUT2D eigenvalue weighted by Gasteiger charge is 2.35. The number of amides is 1. The van der Waals surface area contributed by atoms with Gasteiger partial charge in [0.1, 0.15) is 0 Å². The summed E-state index contributed by atoms with van der Waals surface area (Å²) in [7, 11) is 0. The second-order valence-corrected chi connectivity index (χ2v) is 5.78. The zero-order valence-corrected chi connectivity index (χ0v) is 13.6. The molecule has 0 radical (unpaired) electrons. The molecule has 1 aromatic carbocycles. The van der Waals surface area contributed by atoms with Gasteiger partial charge in [0.15, 0.2) is 11.7 Å². The van der Waals surface area contributed by atoms with Gasteiger partial charge in [-0.25, -0.2) is 9.48 Å². The molecule has 0 saturated carbocycles. The van der Waals surface area contributed by atoms with Crippen LogP contribution in [-0.4, -0.2) is 62.7 Å². The van der Waals surface area contributed by atoms with Gasteiger partial charge in [-0.15, -0.1) is 5.10 Å². The quantitative estimate of drug-likeness (QED) is 0.892. The van der Waals surface area contributed by atoms with Crippen molar-refractivity contribution < 1.29 is 19.4 Å².